The van der Waals surface area contributed by atoms with E-state index in [1.807, 2.05) is 37.3 Å². The second-order valence-electron chi connectivity index (χ2n) is 10.6. The highest BCUT2D eigenvalue weighted by molar-refractivity contribution is 6.99. The molecule has 1 N–H and O–H groups in total. The predicted molar refractivity (Wildman–Crippen MR) is 155 cm³/mol. The van der Waals surface area contributed by atoms with Gasteiger partial charge in [-0.15, -0.1) is 0 Å². The second kappa shape index (κ2) is 11.9. The lowest BCUT2D eigenvalue weighted by atomic mass is 10.1. The standard InChI is InChI=1S/C32H34FNO4Si/c1-23(38-29-18-12-11-17-27(29)24-21-28(33)30(31(35)36)34-22-24)19-20-37-39(32(2,3)4,25-13-7-5-8-14-25)26-15-9-6-10-16-26/h5-18,21-23H,19-20H2,1-4H3,(H,35,36)/t23-/m1/s1. The van der Waals surface area contributed by atoms with E-state index < -0.39 is 25.8 Å². The Morgan fingerprint density at radius 2 is 1.51 bits per heavy atom. The first-order valence-electron chi connectivity index (χ1n) is 13.0. The molecule has 0 amide bonds. The molecule has 4 rings (SSSR count). The molecule has 0 spiro atoms. The number of hydrogen-bond donors (Lipinski definition) is 1. The summed E-state index contributed by atoms with van der Waals surface area (Å²) in [6.45, 7) is 9.23. The largest absolute Gasteiger partial charge is 0.490 e. The fraction of sp³-hybridized carbons (Fsp3) is 0.250. The quantitative estimate of drug-likeness (QED) is 0.237. The van der Waals surface area contributed by atoms with Crippen molar-refractivity contribution in [3.63, 3.8) is 0 Å². The van der Waals surface area contributed by atoms with Gasteiger partial charge in [0.2, 0.25) is 0 Å². The van der Waals surface area contributed by atoms with Crippen LogP contribution in [-0.4, -0.2) is 37.1 Å². The highest BCUT2D eigenvalue weighted by atomic mass is 28.4. The van der Waals surface area contributed by atoms with Crippen molar-refractivity contribution in [2.75, 3.05) is 6.61 Å². The molecule has 39 heavy (non-hydrogen) atoms. The molecule has 202 valence electrons. The number of carboxylic acids is 1. The Morgan fingerprint density at radius 3 is 2.05 bits per heavy atom. The maximum absolute atomic E-state index is 14.3. The van der Waals surface area contributed by atoms with Crippen LogP contribution >= 0.6 is 0 Å². The van der Waals surface area contributed by atoms with Gasteiger partial charge < -0.3 is 14.3 Å². The zero-order valence-electron chi connectivity index (χ0n) is 22.7. The molecule has 1 heterocycles. The van der Waals surface area contributed by atoms with Crippen molar-refractivity contribution >= 4 is 24.7 Å². The van der Waals surface area contributed by atoms with E-state index in [1.54, 1.807) is 6.07 Å². The molecular weight excluding hydrogens is 509 g/mol. The number of para-hydroxylation sites is 1. The van der Waals surface area contributed by atoms with Crippen molar-refractivity contribution < 1.29 is 23.5 Å². The van der Waals surface area contributed by atoms with E-state index in [-0.39, 0.29) is 11.1 Å². The van der Waals surface area contributed by atoms with Crippen molar-refractivity contribution in [2.45, 2.75) is 45.3 Å². The summed E-state index contributed by atoms with van der Waals surface area (Å²) >= 11 is 0. The van der Waals surface area contributed by atoms with Gasteiger partial charge >= 0.3 is 5.97 Å². The molecule has 0 saturated carbocycles. The van der Waals surface area contributed by atoms with Gasteiger partial charge in [-0.1, -0.05) is 99.6 Å². The minimum atomic E-state index is -2.65. The number of hydrogen-bond acceptors (Lipinski definition) is 4. The number of carboxylic acid groups (broad SMARTS) is 1. The van der Waals surface area contributed by atoms with Crippen molar-refractivity contribution in [1.29, 1.82) is 0 Å². The maximum atomic E-state index is 14.3. The Bertz CT molecular complexity index is 1370. The summed E-state index contributed by atoms with van der Waals surface area (Å²) < 4.78 is 27.6. The van der Waals surface area contributed by atoms with Crippen molar-refractivity contribution in [3.05, 3.63) is 109 Å². The van der Waals surface area contributed by atoms with Crippen LogP contribution in [0.2, 0.25) is 5.04 Å². The number of pyridine rings is 1. The number of carbonyl (C=O) groups is 1. The zero-order valence-corrected chi connectivity index (χ0v) is 23.7. The van der Waals surface area contributed by atoms with Gasteiger partial charge in [-0.3, -0.25) is 0 Å². The third-order valence-electron chi connectivity index (χ3n) is 6.83. The number of ether oxygens (including phenoxy) is 1. The lowest BCUT2D eigenvalue weighted by Gasteiger charge is -2.43. The lowest BCUT2D eigenvalue weighted by molar-refractivity contribution is 0.0685. The lowest BCUT2D eigenvalue weighted by Crippen LogP contribution is -2.66. The van der Waals surface area contributed by atoms with Crippen LogP contribution in [0, 0.1) is 5.82 Å². The van der Waals surface area contributed by atoms with E-state index in [4.69, 9.17) is 14.3 Å². The van der Waals surface area contributed by atoms with Gasteiger partial charge in [0.1, 0.15) is 5.75 Å². The fourth-order valence-corrected chi connectivity index (χ4v) is 9.55. The normalized spacial score (nSPS) is 12.6. The fourth-order valence-electron chi connectivity index (χ4n) is 4.97. The van der Waals surface area contributed by atoms with Crippen LogP contribution < -0.4 is 15.1 Å². The van der Waals surface area contributed by atoms with Gasteiger partial charge in [-0.2, -0.15) is 0 Å². The van der Waals surface area contributed by atoms with Crippen LogP contribution in [0.1, 0.15) is 44.6 Å². The van der Waals surface area contributed by atoms with E-state index in [2.05, 4.69) is 74.3 Å². The van der Waals surface area contributed by atoms with E-state index in [0.29, 0.717) is 29.9 Å². The van der Waals surface area contributed by atoms with Crippen LogP contribution in [-0.2, 0) is 4.43 Å². The highest BCUT2D eigenvalue weighted by Crippen LogP contribution is 2.37. The van der Waals surface area contributed by atoms with Crippen molar-refractivity contribution in [1.82, 2.24) is 4.98 Å². The average molecular weight is 544 g/mol. The third kappa shape index (κ3) is 6.10. The van der Waals surface area contributed by atoms with Crippen LogP contribution in [0.25, 0.3) is 11.1 Å². The Balaban J connectivity index is 1.55. The third-order valence-corrected chi connectivity index (χ3v) is 11.9. The monoisotopic (exact) mass is 543 g/mol. The SMILES string of the molecule is C[C@H](CCO[Si](c1ccccc1)(c1ccccc1)C(C)(C)C)Oc1ccccc1-c1cnc(C(=O)O)c(F)c1. The maximum Gasteiger partial charge on any atom is 0.357 e. The van der Waals surface area contributed by atoms with Crippen molar-refractivity contribution in [2.24, 2.45) is 0 Å². The number of aromatic carboxylic acids is 1. The number of rotatable bonds is 10. The Morgan fingerprint density at radius 1 is 0.949 bits per heavy atom. The molecule has 0 aliphatic heterocycles. The summed E-state index contributed by atoms with van der Waals surface area (Å²) in [6, 6.07) is 29.5. The van der Waals surface area contributed by atoms with E-state index >= 15 is 0 Å². The molecule has 7 heteroatoms. The molecule has 0 aliphatic carbocycles. The summed E-state index contributed by atoms with van der Waals surface area (Å²) in [7, 11) is -2.65. The summed E-state index contributed by atoms with van der Waals surface area (Å²) in [5.74, 6) is -1.72. The molecule has 1 aromatic heterocycles. The predicted octanol–water partition coefficient (Wildman–Crippen LogP) is 6.32. The first kappa shape index (κ1) is 28.2. The number of benzene rings is 3. The van der Waals surface area contributed by atoms with Crippen LogP contribution in [0.5, 0.6) is 5.75 Å². The first-order chi connectivity index (χ1) is 18.6. The summed E-state index contributed by atoms with van der Waals surface area (Å²) in [6.07, 6.45) is 1.80. The second-order valence-corrected chi connectivity index (χ2v) is 14.9. The van der Waals surface area contributed by atoms with Crippen molar-refractivity contribution in [3.8, 4) is 16.9 Å². The summed E-state index contributed by atoms with van der Waals surface area (Å²) in [5.41, 5.74) is 0.482. The number of aromatic nitrogens is 1. The smallest absolute Gasteiger partial charge is 0.357 e. The van der Waals surface area contributed by atoms with E-state index in [1.165, 1.54) is 22.6 Å². The van der Waals surface area contributed by atoms with Gasteiger partial charge in [-0.05, 0) is 34.5 Å². The molecule has 3 aromatic carbocycles. The Hall–Kier alpha value is -3.81. The Labute approximate surface area is 230 Å². The molecule has 4 aromatic rings. The van der Waals surface area contributed by atoms with Crippen LogP contribution in [0.3, 0.4) is 0 Å². The Kier molecular flexibility index (Phi) is 8.62. The molecule has 0 radical (unpaired) electrons. The van der Waals surface area contributed by atoms with Gasteiger partial charge in [0.15, 0.2) is 11.5 Å². The first-order valence-corrected chi connectivity index (χ1v) is 14.9. The van der Waals surface area contributed by atoms with E-state index in [0.717, 1.165) is 0 Å². The van der Waals surface area contributed by atoms with Gasteiger partial charge in [-0.25, -0.2) is 14.2 Å². The minimum absolute atomic E-state index is 0.119. The van der Waals surface area contributed by atoms with Crippen LogP contribution in [0.15, 0.2) is 97.2 Å². The summed E-state index contributed by atoms with van der Waals surface area (Å²) in [5, 5.41) is 11.4. The topological polar surface area (TPSA) is 68.7 Å². The van der Waals surface area contributed by atoms with Gasteiger partial charge in [0.05, 0.1) is 6.10 Å². The number of nitrogens with zero attached hydrogens (tertiary/aromatic N) is 1. The zero-order chi connectivity index (χ0) is 28.0. The molecule has 1 atom stereocenters. The molecule has 5 nitrogen and oxygen atoms in total. The molecular formula is C32H34FNO4Si. The molecule has 0 fully saturated rings. The molecule has 0 unspecified atom stereocenters. The highest BCUT2D eigenvalue weighted by Gasteiger charge is 2.50. The summed E-state index contributed by atoms with van der Waals surface area (Å²) in [4.78, 5) is 14.9. The molecule has 0 bridgehead atoms. The minimum Gasteiger partial charge on any atom is -0.490 e. The van der Waals surface area contributed by atoms with E-state index in [9.17, 15) is 9.18 Å². The molecule has 0 aliphatic rings. The van der Waals surface area contributed by atoms with Gasteiger partial charge in [0, 0.05) is 30.4 Å². The van der Waals surface area contributed by atoms with Gasteiger partial charge in [0.25, 0.3) is 8.32 Å². The average Bonchev–Trinajstić information content (AvgIpc) is 2.91. The molecule has 0 saturated heterocycles. The van der Waals surface area contributed by atoms with Crippen LogP contribution in [0.4, 0.5) is 4.39 Å². The number of halogens is 1.